The third kappa shape index (κ3) is 4.87. The molecule has 7 nitrogen and oxygen atoms in total. The Morgan fingerprint density at radius 1 is 1.21 bits per heavy atom. The average molecular weight is 508 g/mol. The first-order chi connectivity index (χ1) is 15.8. The molecule has 1 aliphatic heterocycles. The Labute approximate surface area is 202 Å². The van der Waals surface area contributed by atoms with Crippen LogP contribution in [0, 0.1) is 5.92 Å². The number of sulfonamides is 1. The Hall–Kier alpha value is -2.20. The number of rotatable bonds is 6. The van der Waals surface area contributed by atoms with Crippen molar-refractivity contribution in [3.63, 3.8) is 0 Å². The zero-order valence-electron chi connectivity index (χ0n) is 18.5. The summed E-state index contributed by atoms with van der Waals surface area (Å²) >= 11 is 7.33. The Balaban J connectivity index is 1.63. The summed E-state index contributed by atoms with van der Waals surface area (Å²) in [6.07, 6.45) is 1.21. The molecular formula is C23H26ClN3O4S2. The van der Waals surface area contributed by atoms with Crippen molar-refractivity contribution in [2.45, 2.75) is 38.1 Å². The number of fused-ring (bicyclic) bond motifs is 1. The number of halogens is 1. The van der Waals surface area contributed by atoms with E-state index in [0.717, 1.165) is 16.0 Å². The summed E-state index contributed by atoms with van der Waals surface area (Å²) in [5.74, 6) is -0.0136. The highest BCUT2D eigenvalue weighted by atomic mass is 35.5. The van der Waals surface area contributed by atoms with Crippen molar-refractivity contribution < 1.29 is 17.9 Å². The lowest BCUT2D eigenvalue weighted by Gasteiger charge is -2.30. The predicted molar refractivity (Wildman–Crippen MR) is 130 cm³/mol. The minimum absolute atomic E-state index is 0.120. The summed E-state index contributed by atoms with van der Waals surface area (Å²) in [6.45, 7) is 5.61. The van der Waals surface area contributed by atoms with Gasteiger partial charge in [-0.3, -0.25) is 4.79 Å². The van der Waals surface area contributed by atoms with Crippen LogP contribution in [0.5, 0.6) is 5.75 Å². The van der Waals surface area contributed by atoms with Crippen molar-refractivity contribution in [2.75, 3.05) is 19.7 Å². The molecule has 1 aliphatic rings. The van der Waals surface area contributed by atoms with Gasteiger partial charge >= 0.3 is 0 Å². The van der Waals surface area contributed by atoms with E-state index in [0.29, 0.717) is 42.4 Å². The number of carbonyl (C=O) groups is 1. The number of benzene rings is 2. The number of hydrogen-bond acceptors (Lipinski definition) is 5. The van der Waals surface area contributed by atoms with Crippen LogP contribution in [0.15, 0.2) is 52.4 Å². The second-order valence-electron chi connectivity index (χ2n) is 7.77. The number of aryl methyl sites for hydroxylation is 1. The predicted octanol–water partition coefficient (Wildman–Crippen LogP) is 4.30. The molecule has 1 saturated heterocycles. The second kappa shape index (κ2) is 9.97. The molecule has 2 heterocycles. The van der Waals surface area contributed by atoms with Crippen molar-refractivity contribution in [2.24, 2.45) is 10.9 Å². The zero-order chi connectivity index (χ0) is 23.6. The molecule has 176 valence electrons. The molecule has 0 aliphatic carbocycles. The number of carbonyl (C=O) groups excluding carboxylic acids is 1. The molecule has 3 aromatic rings. The number of ether oxygens (including phenoxy) is 1. The molecule has 4 rings (SSSR count). The number of para-hydroxylation sites is 1. The quantitative estimate of drug-likeness (QED) is 0.498. The largest absolute Gasteiger partial charge is 0.492 e. The van der Waals surface area contributed by atoms with E-state index in [1.807, 2.05) is 36.6 Å². The van der Waals surface area contributed by atoms with Gasteiger partial charge in [0.25, 0.3) is 5.91 Å². The fourth-order valence-corrected chi connectivity index (χ4v) is 6.82. The van der Waals surface area contributed by atoms with Gasteiger partial charge in [-0.2, -0.15) is 9.30 Å². The van der Waals surface area contributed by atoms with Crippen LogP contribution in [0.2, 0.25) is 5.02 Å². The normalized spacial score (nSPS) is 18.0. The van der Waals surface area contributed by atoms with Crippen LogP contribution in [0.1, 0.15) is 26.7 Å². The van der Waals surface area contributed by atoms with Crippen LogP contribution in [0.4, 0.5) is 0 Å². The van der Waals surface area contributed by atoms with Gasteiger partial charge in [0.2, 0.25) is 10.0 Å². The van der Waals surface area contributed by atoms with E-state index in [1.165, 1.54) is 27.8 Å². The Morgan fingerprint density at radius 2 is 1.97 bits per heavy atom. The van der Waals surface area contributed by atoms with Crippen molar-refractivity contribution >= 4 is 49.1 Å². The second-order valence-corrected chi connectivity index (χ2v) is 11.2. The lowest BCUT2D eigenvalue weighted by atomic mass is 9.99. The maximum atomic E-state index is 13.1. The van der Waals surface area contributed by atoms with Crippen molar-refractivity contribution in [1.82, 2.24) is 8.87 Å². The fraction of sp³-hybridized carbons (Fsp3) is 0.391. The molecule has 1 atom stereocenters. The number of piperidine rings is 1. The molecule has 1 unspecified atom stereocenters. The molecule has 0 saturated carbocycles. The number of nitrogens with zero attached hydrogens (tertiary/aromatic N) is 3. The van der Waals surface area contributed by atoms with Gasteiger partial charge < -0.3 is 9.30 Å². The molecule has 0 bridgehead atoms. The Bertz CT molecular complexity index is 1330. The third-order valence-electron chi connectivity index (χ3n) is 5.67. The van der Waals surface area contributed by atoms with E-state index in [4.69, 9.17) is 16.3 Å². The highest BCUT2D eigenvalue weighted by Gasteiger charge is 2.33. The molecule has 1 aromatic heterocycles. The molecule has 1 fully saturated rings. The lowest BCUT2D eigenvalue weighted by Crippen LogP contribution is -2.42. The number of thiazole rings is 1. The molecule has 10 heteroatoms. The van der Waals surface area contributed by atoms with Gasteiger partial charge in [0.05, 0.1) is 22.1 Å². The van der Waals surface area contributed by atoms with E-state index in [1.54, 1.807) is 12.1 Å². The minimum atomic E-state index is -3.70. The molecule has 2 aromatic carbocycles. The van der Waals surface area contributed by atoms with Crippen LogP contribution in [0.3, 0.4) is 0 Å². The summed E-state index contributed by atoms with van der Waals surface area (Å²) in [6, 6.07) is 11.9. The third-order valence-corrected chi connectivity index (χ3v) is 8.85. The van der Waals surface area contributed by atoms with Crippen molar-refractivity contribution in [3.8, 4) is 5.75 Å². The van der Waals surface area contributed by atoms with Gasteiger partial charge in [0.15, 0.2) is 4.80 Å². The minimum Gasteiger partial charge on any atom is -0.492 e. The van der Waals surface area contributed by atoms with Crippen LogP contribution in [-0.2, 0) is 21.4 Å². The van der Waals surface area contributed by atoms with Gasteiger partial charge in [0, 0.05) is 24.7 Å². The maximum Gasteiger partial charge on any atom is 0.252 e. The first-order valence-corrected chi connectivity index (χ1v) is 13.6. The van der Waals surface area contributed by atoms with Crippen LogP contribution >= 0.6 is 22.9 Å². The summed E-state index contributed by atoms with van der Waals surface area (Å²) in [7, 11) is -3.70. The summed E-state index contributed by atoms with van der Waals surface area (Å²) < 4.78 is 36.3. The SMILES string of the molecule is CCOc1cccc2sc(=NC(=O)C3CCCN(S(=O)(=O)c4ccc(Cl)cc4)C3)n(CC)c12. The van der Waals surface area contributed by atoms with Gasteiger partial charge in [0.1, 0.15) is 11.3 Å². The van der Waals surface area contributed by atoms with E-state index < -0.39 is 15.9 Å². The van der Waals surface area contributed by atoms with Gasteiger partial charge in [-0.25, -0.2) is 8.42 Å². The summed E-state index contributed by atoms with van der Waals surface area (Å²) in [4.78, 5) is 18.3. The topological polar surface area (TPSA) is 81.0 Å². The van der Waals surface area contributed by atoms with E-state index >= 15 is 0 Å². The van der Waals surface area contributed by atoms with Crippen LogP contribution in [-0.4, -0.2) is 42.9 Å². The first kappa shape index (κ1) is 23.9. The fourth-order valence-electron chi connectivity index (χ4n) is 4.05. The lowest BCUT2D eigenvalue weighted by molar-refractivity contribution is -0.122. The molecule has 1 amide bonds. The molecule has 33 heavy (non-hydrogen) atoms. The maximum absolute atomic E-state index is 13.1. The van der Waals surface area contributed by atoms with E-state index in [2.05, 4.69) is 4.99 Å². The van der Waals surface area contributed by atoms with E-state index in [-0.39, 0.29) is 17.3 Å². The first-order valence-electron chi connectivity index (χ1n) is 10.9. The van der Waals surface area contributed by atoms with Crippen LogP contribution < -0.4 is 9.54 Å². The molecule has 0 N–H and O–H groups in total. The van der Waals surface area contributed by atoms with Crippen molar-refractivity contribution in [1.29, 1.82) is 0 Å². The van der Waals surface area contributed by atoms with Gasteiger partial charge in [-0.1, -0.05) is 29.0 Å². The Morgan fingerprint density at radius 3 is 2.67 bits per heavy atom. The number of aromatic nitrogens is 1. The van der Waals surface area contributed by atoms with Gasteiger partial charge in [-0.05, 0) is 63.1 Å². The summed E-state index contributed by atoms with van der Waals surface area (Å²) in [5, 5.41) is 0.472. The average Bonchev–Trinajstić information content (AvgIpc) is 3.17. The van der Waals surface area contributed by atoms with Gasteiger partial charge in [-0.15, -0.1) is 0 Å². The monoisotopic (exact) mass is 507 g/mol. The standard InChI is InChI=1S/C23H26ClN3O4S2/c1-3-27-21-19(31-4-2)8-5-9-20(21)32-23(27)25-22(28)16-7-6-14-26(15-16)33(29,30)18-12-10-17(24)11-13-18/h5,8-13,16H,3-4,6-7,14-15H2,1-2H3. The highest BCUT2D eigenvalue weighted by Crippen LogP contribution is 2.28. The van der Waals surface area contributed by atoms with Crippen LogP contribution in [0.25, 0.3) is 10.2 Å². The number of hydrogen-bond donors (Lipinski definition) is 0. The number of amides is 1. The Kier molecular flexibility index (Phi) is 7.23. The molecular weight excluding hydrogens is 482 g/mol. The molecule has 0 spiro atoms. The zero-order valence-corrected chi connectivity index (χ0v) is 20.9. The smallest absolute Gasteiger partial charge is 0.252 e. The van der Waals surface area contributed by atoms with E-state index in [9.17, 15) is 13.2 Å². The molecule has 0 radical (unpaired) electrons. The summed E-state index contributed by atoms with van der Waals surface area (Å²) in [5.41, 5.74) is 0.925. The van der Waals surface area contributed by atoms with Crippen molar-refractivity contribution in [3.05, 3.63) is 52.3 Å². The highest BCUT2D eigenvalue weighted by molar-refractivity contribution is 7.89.